The third-order valence-electron chi connectivity index (χ3n) is 2.24. The molecule has 0 aromatic heterocycles. The summed E-state index contributed by atoms with van der Waals surface area (Å²) in [5, 5.41) is 2.86. The summed E-state index contributed by atoms with van der Waals surface area (Å²) in [5.74, 6) is -0.0475. The van der Waals surface area contributed by atoms with Gasteiger partial charge in [-0.3, -0.25) is 9.69 Å². The van der Waals surface area contributed by atoms with Crippen LogP contribution >= 0.6 is 15.9 Å². The van der Waals surface area contributed by atoms with Gasteiger partial charge in [-0.2, -0.15) is 0 Å². The van der Waals surface area contributed by atoms with E-state index in [1.165, 1.54) is 0 Å². The maximum Gasteiger partial charge on any atom is 0.238 e. The number of hydrogen-bond acceptors (Lipinski definition) is 3. The Morgan fingerprint density at radius 2 is 2.06 bits per heavy atom. The number of nitrogens with zero attached hydrogens (tertiary/aromatic N) is 1. The van der Waals surface area contributed by atoms with E-state index in [0.717, 1.165) is 10.2 Å². The third-order valence-corrected chi connectivity index (χ3v) is 2.93. The summed E-state index contributed by atoms with van der Waals surface area (Å²) in [6.07, 6.45) is 0. The van der Waals surface area contributed by atoms with Gasteiger partial charge in [0.25, 0.3) is 0 Å². The van der Waals surface area contributed by atoms with Crippen LogP contribution in [0.2, 0.25) is 0 Å². The first-order chi connectivity index (χ1) is 8.28. The second-order valence-electron chi connectivity index (χ2n) is 5.19. The van der Waals surface area contributed by atoms with Crippen LogP contribution in [0.4, 0.5) is 5.69 Å². The van der Waals surface area contributed by atoms with Crippen molar-refractivity contribution >= 4 is 27.5 Å². The van der Waals surface area contributed by atoms with Gasteiger partial charge in [0.05, 0.1) is 12.2 Å². The number of benzene rings is 1. The molecule has 0 unspecified atom stereocenters. The molecular weight excluding hydrogens is 294 g/mol. The summed E-state index contributed by atoms with van der Waals surface area (Å²) in [5.41, 5.74) is 6.39. The van der Waals surface area contributed by atoms with E-state index in [-0.39, 0.29) is 11.4 Å². The van der Waals surface area contributed by atoms with Gasteiger partial charge in [0.15, 0.2) is 0 Å². The summed E-state index contributed by atoms with van der Waals surface area (Å²) in [4.78, 5) is 13.8. The van der Waals surface area contributed by atoms with Crippen molar-refractivity contribution in [3.05, 3.63) is 28.7 Å². The molecule has 0 atom stereocenters. The Hall–Kier alpha value is -0.910. The number of halogens is 1. The molecule has 5 heteroatoms. The van der Waals surface area contributed by atoms with Gasteiger partial charge < -0.3 is 11.1 Å². The van der Waals surface area contributed by atoms with Gasteiger partial charge in [0, 0.05) is 16.6 Å². The minimum absolute atomic E-state index is 0.0475. The number of carbonyl (C=O) groups excluding carboxylic acids is 1. The van der Waals surface area contributed by atoms with Crippen LogP contribution in [0.1, 0.15) is 13.8 Å². The molecule has 0 saturated heterocycles. The molecule has 0 spiro atoms. The quantitative estimate of drug-likeness (QED) is 0.874. The number of likely N-dealkylation sites (N-methyl/N-ethyl adjacent to an activating group) is 1. The number of anilines is 1. The van der Waals surface area contributed by atoms with E-state index in [2.05, 4.69) is 21.2 Å². The molecule has 1 amide bonds. The lowest BCUT2D eigenvalue weighted by molar-refractivity contribution is -0.117. The lowest BCUT2D eigenvalue weighted by Crippen LogP contribution is -2.45. The van der Waals surface area contributed by atoms with Crippen molar-refractivity contribution in [3.63, 3.8) is 0 Å². The highest BCUT2D eigenvalue weighted by Gasteiger charge is 2.16. The molecule has 1 aromatic rings. The molecule has 0 heterocycles. The normalized spacial score (nSPS) is 11.7. The molecule has 18 heavy (non-hydrogen) atoms. The molecule has 0 aliphatic heterocycles. The summed E-state index contributed by atoms with van der Waals surface area (Å²) in [7, 11) is 1.88. The first-order valence-electron chi connectivity index (χ1n) is 5.80. The van der Waals surface area contributed by atoms with Crippen molar-refractivity contribution in [2.24, 2.45) is 5.73 Å². The van der Waals surface area contributed by atoms with Crippen LogP contribution in [0.25, 0.3) is 0 Å². The zero-order valence-corrected chi connectivity index (χ0v) is 12.6. The van der Waals surface area contributed by atoms with E-state index in [4.69, 9.17) is 5.73 Å². The lowest BCUT2D eigenvalue weighted by atomic mass is 10.1. The largest absolute Gasteiger partial charge is 0.324 e. The highest BCUT2D eigenvalue weighted by atomic mass is 79.9. The van der Waals surface area contributed by atoms with Gasteiger partial charge in [-0.1, -0.05) is 12.1 Å². The molecular formula is C13H20BrN3O. The van der Waals surface area contributed by atoms with Crippen molar-refractivity contribution in [2.75, 3.05) is 25.5 Å². The maximum absolute atomic E-state index is 11.8. The number of carbonyl (C=O) groups is 1. The van der Waals surface area contributed by atoms with Crippen LogP contribution in [0.5, 0.6) is 0 Å². The molecule has 0 bridgehead atoms. The number of nitrogens with one attached hydrogen (secondary N) is 1. The Morgan fingerprint density at radius 1 is 1.44 bits per heavy atom. The Morgan fingerprint density at radius 3 is 2.61 bits per heavy atom. The SMILES string of the molecule is CN(CC(=O)Nc1ccccc1Br)CC(C)(C)N. The summed E-state index contributed by atoms with van der Waals surface area (Å²) in [6.45, 7) is 4.86. The van der Waals surface area contributed by atoms with E-state index in [0.29, 0.717) is 13.1 Å². The van der Waals surface area contributed by atoms with Crippen molar-refractivity contribution in [2.45, 2.75) is 19.4 Å². The van der Waals surface area contributed by atoms with E-state index in [1.54, 1.807) is 0 Å². The van der Waals surface area contributed by atoms with Gasteiger partial charge in [-0.25, -0.2) is 0 Å². The van der Waals surface area contributed by atoms with Crippen molar-refractivity contribution in [3.8, 4) is 0 Å². The summed E-state index contributed by atoms with van der Waals surface area (Å²) in [6, 6.07) is 7.53. The van der Waals surface area contributed by atoms with Crippen LogP contribution in [-0.4, -0.2) is 36.5 Å². The van der Waals surface area contributed by atoms with Gasteiger partial charge in [-0.15, -0.1) is 0 Å². The Bertz CT molecular complexity index is 415. The minimum Gasteiger partial charge on any atom is -0.324 e. The van der Waals surface area contributed by atoms with Crippen LogP contribution in [-0.2, 0) is 4.79 Å². The van der Waals surface area contributed by atoms with E-state index >= 15 is 0 Å². The third kappa shape index (κ3) is 5.62. The van der Waals surface area contributed by atoms with Crippen molar-refractivity contribution < 1.29 is 4.79 Å². The van der Waals surface area contributed by atoms with Crippen LogP contribution in [0.15, 0.2) is 28.7 Å². The second-order valence-corrected chi connectivity index (χ2v) is 6.04. The molecule has 0 aliphatic carbocycles. The van der Waals surface area contributed by atoms with E-state index < -0.39 is 0 Å². The first-order valence-corrected chi connectivity index (χ1v) is 6.59. The highest BCUT2D eigenvalue weighted by molar-refractivity contribution is 9.10. The number of hydrogen-bond donors (Lipinski definition) is 2. The molecule has 3 N–H and O–H groups in total. The highest BCUT2D eigenvalue weighted by Crippen LogP contribution is 2.20. The smallest absolute Gasteiger partial charge is 0.238 e. The molecule has 1 aromatic carbocycles. The molecule has 0 radical (unpaired) electrons. The second kappa shape index (κ2) is 6.31. The fraction of sp³-hybridized carbons (Fsp3) is 0.462. The standard InChI is InChI=1S/C13H20BrN3O/c1-13(2,15)9-17(3)8-12(18)16-11-7-5-4-6-10(11)14/h4-7H,8-9,15H2,1-3H3,(H,16,18). The number of nitrogens with two attached hydrogens (primary N) is 1. The summed E-state index contributed by atoms with van der Waals surface area (Å²) < 4.78 is 0.875. The van der Waals surface area contributed by atoms with Crippen LogP contribution < -0.4 is 11.1 Å². The molecule has 0 aliphatic rings. The number of amides is 1. The van der Waals surface area contributed by atoms with Crippen LogP contribution in [0, 0.1) is 0 Å². The fourth-order valence-corrected chi connectivity index (χ4v) is 2.13. The van der Waals surface area contributed by atoms with E-state index in [9.17, 15) is 4.79 Å². The molecule has 0 saturated carbocycles. The zero-order chi connectivity index (χ0) is 13.8. The van der Waals surface area contributed by atoms with E-state index in [1.807, 2.05) is 50.1 Å². The summed E-state index contributed by atoms with van der Waals surface area (Å²) >= 11 is 3.39. The average molecular weight is 314 g/mol. The van der Waals surface area contributed by atoms with Gasteiger partial charge in [0.1, 0.15) is 0 Å². The predicted molar refractivity (Wildman–Crippen MR) is 78.5 cm³/mol. The minimum atomic E-state index is -0.303. The fourth-order valence-electron chi connectivity index (χ4n) is 1.75. The lowest BCUT2D eigenvalue weighted by Gasteiger charge is -2.25. The molecule has 0 fully saturated rings. The number of rotatable bonds is 5. The predicted octanol–water partition coefficient (Wildman–Crippen LogP) is 2.06. The Balaban J connectivity index is 2.50. The zero-order valence-electron chi connectivity index (χ0n) is 11.0. The Kier molecular flexibility index (Phi) is 5.31. The molecule has 4 nitrogen and oxygen atoms in total. The monoisotopic (exact) mass is 313 g/mol. The topological polar surface area (TPSA) is 58.4 Å². The number of para-hydroxylation sites is 1. The van der Waals surface area contributed by atoms with Gasteiger partial charge >= 0.3 is 0 Å². The van der Waals surface area contributed by atoms with Gasteiger partial charge in [0.2, 0.25) is 5.91 Å². The van der Waals surface area contributed by atoms with Crippen molar-refractivity contribution in [1.29, 1.82) is 0 Å². The van der Waals surface area contributed by atoms with Gasteiger partial charge in [-0.05, 0) is 49.0 Å². The van der Waals surface area contributed by atoms with Crippen molar-refractivity contribution in [1.82, 2.24) is 4.90 Å². The average Bonchev–Trinajstić information content (AvgIpc) is 2.18. The molecule has 1 rings (SSSR count). The van der Waals surface area contributed by atoms with Crippen LogP contribution in [0.3, 0.4) is 0 Å². The molecule has 100 valence electrons. The maximum atomic E-state index is 11.8. The first kappa shape index (κ1) is 15.1. The Labute approximate surface area is 117 Å².